The molecule has 0 aliphatic rings. The molecule has 0 radical (unpaired) electrons. The molecule has 0 unspecified atom stereocenters. The van der Waals surface area contributed by atoms with Gasteiger partial charge in [0.1, 0.15) is 0 Å². The third-order valence-electron chi connectivity index (χ3n) is 1.56. The first-order valence-corrected chi connectivity index (χ1v) is 5.14. The van der Waals surface area contributed by atoms with E-state index in [1.54, 1.807) is 12.4 Å². The molecule has 72 valence electrons. The summed E-state index contributed by atoms with van der Waals surface area (Å²) in [7, 11) is 0. The summed E-state index contributed by atoms with van der Waals surface area (Å²) in [6, 6.07) is 1.21. The normalized spacial score (nSPS) is 10.5. The average Bonchev–Trinajstić information content (AvgIpc) is 2.51. The first kappa shape index (κ1) is 9.85. The van der Waals surface area contributed by atoms with Crippen LogP contribution in [0, 0.1) is 9.39 Å². The standard InChI is InChI=1S/C8H4ClFIN3/c9-5-1-7(10)8(12-2-5)14-4-6(11)3-13-14/h1-4H. The Morgan fingerprint density at radius 3 is 2.79 bits per heavy atom. The monoisotopic (exact) mass is 323 g/mol. The molecule has 0 bridgehead atoms. The molecule has 0 aliphatic heterocycles. The van der Waals surface area contributed by atoms with Gasteiger partial charge in [-0.1, -0.05) is 11.6 Å². The Morgan fingerprint density at radius 2 is 2.21 bits per heavy atom. The molecular formula is C8H4ClFIN3. The van der Waals surface area contributed by atoms with E-state index in [4.69, 9.17) is 11.6 Å². The van der Waals surface area contributed by atoms with Crippen LogP contribution in [0.1, 0.15) is 0 Å². The highest BCUT2D eigenvalue weighted by molar-refractivity contribution is 14.1. The van der Waals surface area contributed by atoms with Crippen LogP contribution < -0.4 is 0 Å². The summed E-state index contributed by atoms with van der Waals surface area (Å²) < 4.78 is 15.6. The first-order chi connectivity index (χ1) is 6.66. The lowest BCUT2D eigenvalue weighted by Gasteiger charge is -2.00. The van der Waals surface area contributed by atoms with Gasteiger partial charge in [-0.25, -0.2) is 14.1 Å². The van der Waals surface area contributed by atoms with Gasteiger partial charge in [-0.3, -0.25) is 0 Å². The second-order valence-corrected chi connectivity index (χ2v) is 4.24. The summed E-state index contributed by atoms with van der Waals surface area (Å²) in [5, 5.41) is 4.21. The molecule has 0 N–H and O–H groups in total. The van der Waals surface area contributed by atoms with Crippen LogP contribution in [-0.2, 0) is 0 Å². The van der Waals surface area contributed by atoms with E-state index in [1.807, 2.05) is 0 Å². The third kappa shape index (κ3) is 1.88. The lowest BCUT2D eigenvalue weighted by atomic mass is 10.4. The van der Waals surface area contributed by atoms with Crippen LogP contribution in [0.3, 0.4) is 0 Å². The second-order valence-electron chi connectivity index (χ2n) is 2.56. The van der Waals surface area contributed by atoms with Crippen molar-refractivity contribution in [3.05, 3.63) is 39.1 Å². The number of halogens is 3. The molecule has 0 aliphatic carbocycles. The van der Waals surface area contributed by atoms with Gasteiger partial charge in [0.05, 0.1) is 14.8 Å². The number of rotatable bonds is 1. The maximum Gasteiger partial charge on any atom is 0.189 e. The van der Waals surface area contributed by atoms with Crippen LogP contribution in [0.4, 0.5) is 4.39 Å². The van der Waals surface area contributed by atoms with E-state index in [2.05, 4.69) is 32.7 Å². The first-order valence-electron chi connectivity index (χ1n) is 3.68. The van der Waals surface area contributed by atoms with Crippen molar-refractivity contribution >= 4 is 34.2 Å². The van der Waals surface area contributed by atoms with Crippen LogP contribution in [0.2, 0.25) is 5.02 Å². The highest BCUT2D eigenvalue weighted by atomic mass is 127. The van der Waals surface area contributed by atoms with Crippen molar-refractivity contribution in [1.82, 2.24) is 14.8 Å². The zero-order valence-corrected chi connectivity index (χ0v) is 9.70. The summed E-state index contributed by atoms with van der Waals surface area (Å²) in [5.74, 6) is -0.339. The molecular weight excluding hydrogens is 319 g/mol. The molecule has 0 fully saturated rings. The van der Waals surface area contributed by atoms with E-state index in [-0.39, 0.29) is 10.8 Å². The molecule has 2 aromatic rings. The Hall–Kier alpha value is -0.690. The van der Waals surface area contributed by atoms with Crippen LogP contribution in [0.25, 0.3) is 5.82 Å². The third-order valence-corrected chi connectivity index (χ3v) is 2.32. The van der Waals surface area contributed by atoms with Gasteiger partial charge in [0.15, 0.2) is 11.6 Å². The number of nitrogens with zero attached hydrogens (tertiary/aromatic N) is 3. The van der Waals surface area contributed by atoms with Crippen molar-refractivity contribution in [3.8, 4) is 5.82 Å². The number of hydrogen-bond acceptors (Lipinski definition) is 2. The molecule has 6 heteroatoms. The zero-order valence-electron chi connectivity index (χ0n) is 6.78. The average molecular weight is 323 g/mol. The fourth-order valence-electron chi connectivity index (χ4n) is 0.993. The van der Waals surface area contributed by atoms with Crippen LogP contribution in [-0.4, -0.2) is 14.8 Å². The highest BCUT2D eigenvalue weighted by Crippen LogP contribution is 2.15. The molecule has 3 nitrogen and oxygen atoms in total. The van der Waals surface area contributed by atoms with Gasteiger partial charge in [0.2, 0.25) is 0 Å². The Bertz CT molecular complexity index is 471. The Labute approximate surface area is 98.0 Å². The molecule has 2 aromatic heterocycles. The quantitative estimate of drug-likeness (QED) is 0.756. The van der Waals surface area contributed by atoms with Gasteiger partial charge in [-0.05, 0) is 28.7 Å². The van der Waals surface area contributed by atoms with Crippen molar-refractivity contribution < 1.29 is 4.39 Å². The highest BCUT2D eigenvalue weighted by Gasteiger charge is 2.07. The summed E-state index contributed by atoms with van der Waals surface area (Å²) in [6.45, 7) is 0. The van der Waals surface area contributed by atoms with E-state index >= 15 is 0 Å². The minimum absolute atomic E-state index is 0.150. The summed E-state index contributed by atoms with van der Waals surface area (Å²) in [4.78, 5) is 3.85. The lowest BCUT2D eigenvalue weighted by molar-refractivity contribution is 0.600. The van der Waals surface area contributed by atoms with Crippen LogP contribution >= 0.6 is 34.2 Å². The van der Waals surface area contributed by atoms with Gasteiger partial charge in [0, 0.05) is 12.4 Å². The molecule has 14 heavy (non-hydrogen) atoms. The van der Waals surface area contributed by atoms with E-state index in [0.29, 0.717) is 0 Å². The van der Waals surface area contributed by atoms with Crippen LogP contribution in [0.15, 0.2) is 24.7 Å². The molecule has 2 rings (SSSR count). The molecule has 2 heterocycles. The predicted molar refractivity (Wildman–Crippen MR) is 59.0 cm³/mol. The minimum Gasteiger partial charge on any atom is -0.233 e. The molecule has 0 aromatic carbocycles. The van der Waals surface area contributed by atoms with Crippen molar-refractivity contribution in [2.24, 2.45) is 0 Å². The molecule has 0 saturated heterocycles. The Morgan fingerprint density at radius 1 is 1.43 bits per heavy atom. The van der Waals surface area contributed by atoms with Gasteiger partial charge < -0.3 is 0 Å². The number of hydrogen-bond donors (Lipinski definition) is 0. The van der Waals surface area contributed by atoms with Crippen molar-refractivity contribution in [2.75, 3.05) is 0 Å². The topological polar surface area (TPSA) is 30.7 Å². The van der Waals surface area contributed by atoms with Gasteiger partial charge >= 0.3 is 0 Å². The second kappa shape index (κ2) is 3.82. The van der Waals surface area contributed by atoms with Crippen LogP contribution in [0.5, 0.6) is 0 Å². The SMILES string of the molecule is Fc1cc(Cl)cnc1-n1cc(I)cn1. The maximum absolute atomic E-state index is 13.3. The summed E-state index contributed by atoms with van der Waals surface area (Å²) in [6.07, 6.45) is 4.69. The molecule has 0 atom stereocenters. The van der Waals surface area contributed by atoms with E-state index in [1.165, 1.54) is 16.9 Å². The van der Waals surface area contributed by atoms with Crippen molar-refractivity contribution in [1.29, 1.82) is 0 Å². The smallest absolute Gasteiger partial charge is 0.189 e. The predicted octanol–water partition coefficient (Wildman–Crippen LogP) is 2.66. The number of pyridine rings is 1. The largest absolute Gasteiger partial charge is 0.233 e. The fraction of sp³-hybridized carbons (Fsp3) is 0. The van der Waals surface area contributed by atoms with E-state index in [0.717, 1.165) is 3.57 Å². The Balaban J connectivity index is 2.52. The fourth-order valence-corrected chi connectivity index (χ4v) is 1.53. The van der Waals surface area contributed by atoms with Gasteiger partial charge in [-0.2, -0.15) is 5.10 Å². The van der Waals surface area contributed by atoms with Gasteiger partial charge in [-0.15, -0.1) is 0 Å². The molecule has 0 saturated carbocycles. The summed E-state index contributed by atoms with van der Waals surface area (Å²) in [5.41, 5.74) is 0. The maximum atomic E-state index is 13.3. The van der Waals surface area contributed by atoms with Crippen molar-refractivity contribution in [3.63, 3.8) is 0 Å². The zero-order chi connectivity index (χ0) is 10.1. The molecule has 0 amide bonds. The van der Waals surface area contributed by atoms with Crippen molar-refractivity contribution in [2.45, 2.75) is 0 Å². The summed E-state index contributed by atoms with van der Waals surface area (Å²) >= 11 is 7.66. The van der Waals surface area contributed by atoms with E-state index < -0.39 is 5.82 Å². The van der Waals surface area contributed by atoms with E-state index in [9.17, 15) is 4.39 Å². The number of aromatic nitrogens is 3. The molecule has 0 spiro atoms. The van der Waals surface area contributed by atoms with Gasteiger partial charge in [0.25, 0.3) is 0 Å². The minimum atomic E-state index is -0.489. The lowest BCUT2D eigenvalue weighted by Crippen LogP contribution is -2.00. The Kier molecular flexibility index (Phi) is 2.69.